The first-order chi connectivity index (χ1) is 12.5. The summed E-state index contributed by atoms with van der Waals surface area (Å²) >= 11 is 0. The molecule has 0 bridgehead atoms. The van der Waals surface area contributed by atoms with Gasteiger partial charge in [-0.1, -0.05) is 30.3 Å². The van der Waals surface area contributed by atoms with E-state index in [2.05, 4.69) is 27.1 Å². The highest BCUT2D eigenvalue weighted by atomic mass is 16.4. The van der Waals surface area contributed by atoms with Gasteiger partial charge >= 0.3 is 12.0 Å². The van der Waals surface area contributed by atoms with E-state index >= 15 is 0 Å². The van der Waals surface area contributed by atoms with Crippen molar-refractivity contribution in [2.45, 2.75) is 50.7 Å². The average molecular weight is 356 g/mol. The summed E-state index contributed by atoms with van der Waals surface area (Å²) in [7, 11) is 0. The minimum absolute atomic E-state index is 0.0165. The van der Waals surface area contributed by atoms with Crippen molar-refractivity contribution in [1.82, 2.24) is 20.2 Å². The predicted molar refractivity (Wildman–Crippen MR) is 96.8 cm³/mol. The Morgan fingerprint density at radius 2 is 2.12 bits per heavy atom. The molecule has 1 aromatic carbocycles. The number of hydrogen-bond donors (Lipinski definition) is 3. The average Bonchev–Trinajstić information content (AvgIpc) is 3.19. The molecule has 2 aromatic rings. The van der Waals surface area contributed by atoms with Gasteiger partial charge in [-0.3, -0.25) is 4.79 Å². The highest BCUT2D eigenvalue weighted by Gasteiger charge is 2.30. The number of nitrogens with one attached hydrogen (secondary N) is 2. The Morgan fingerprint density at radius 3 is 2.85 bits per heavy atom. The maximum Gasteiger partial charge on any atom is 0.315 e. The molecule has 7 nitrogen and oxygen atoms in total. The molecule has 0 saturated heterocycles. The van der Waals surface area contributed by atoms with Gasteiger partial charge in [0.25, 0.3) is 0 Å². The number of aliphatic carboxylic acids is 1. The van der Waals surface area contributed by atoms with Crippen LogP contribution in [0.4, 0.5) is 4.79 Å². The van der Waals surface area contributed by atoms with Gasteiger partial charge in [0.15, 0.2) is 0 Å². The standard InChI is InChI=1S/C19H24N4O3/c1-13-11-16(18-20-9-10-23(13)18)22-19(26)21-15(7-8-17(24)25)12-14-5-3-2-4-6-14/h2-6,9-10,13,15-16H,7-8,11-12H2,1H3,(H,24,25)(H2,21,22,26). The molecule has 1 aliphatic heterocycles. The number of carbonyl (C=O) groups excluding carboxylic acids is 1. The molecule has 3 N–H and O–H groups in total. The van der Waals surface area contributed by atoms with Gasteiger partial charge in [0, 0.05) is 30.9 Å². The summed E-state index contributed by atoms with van der Waals surface area (Å²) in [5.41, 5.74) is 1.06. The van der Waals surface area contributed by atoms with Gasteiger partial charge in [0.1, 0.15) is 5.82 Å². The number of amides is 2. The number of urea groups is 1. The van der Waals surface area contributed by atoms with Crippen LogP contribution in [0.3, 0.4) is 0 Å². The fraction of sp³-hybridized carbons (Fsp3) is 0.421. The number of imidazole rings is 1. The van der Waals surface area contributed by atoms with Gasteiger partial charge in [-0.15, -0.1) is 0 Å². The van der Waals surface area contributed by atoms with Crippen molar-refractivity contribution in [3.63, 3.8) is 0 Å². The summed E-state index contributed by atoms with van der Waals surface area (Å²) in [5, 5.41) is 14.9. The number of carboxylic acid groups (broad SMARTS) is 1. The predicted octanol–water partition coefficient (Wildman–Crippen LogP) is 2.66. The first kappa shape index (κ1) is 18.0. The second kappa shape index (κ2) is 8.03. The number of rotatable bonds is 7. The van der Waals surface area contributed by atoms with Gasteiger partial charge in [-0.2, -0.15) is 0 Å². The van der Waals surface area contributed by atoms with Crippen LogP contribution in [0.1, 0.15) is 49.7 Å². The van der Waals surface area contributed by atoms with Crippen LogP contribution >= 0.6 is 0 Å². The Labute approximate surface area is 152 Å². The number of carbonyl (C=O) groups is 2. The molecule has 0 radical (unpaired) electrons. The third-order valence-corrected chi connectivity index (χ3v) is 4.73. The second-order valence-electron chi connectivity index (χ2n) is 6.77. The van der Waals surface area contributed by atoms with Gasteiger partial charge < -0.3 is 20.3 Å². The monoisotopic (exact) mass is 356 g/mol. The summed E-state index contributed by atoms with van der Waals surface area (Å²) in [5.74, 6) is -0.00490. The maximum atomic E-state index is 12.5. The van der Waals surface area contributed by atoms with Crippen LogP contribution in [-0.2, 0) is 11.2 Å². The third-order valence-electron chi connectivity index (χ3n) is 4.73. The number of aromatic nitrogens is 2. The molecule has 0 saturated carbocycles. The molecule has 138 valence electrons. The van der Waals surface area contributed by atoms with Crippen molar-refractivity contribution < 1.29 is 14.7 Å². The normalized spacial score (nSPS) is 19.6. The Balaban J connectivity index is 1.60. The van der Waals surface area contributed by atoms with E-state index in [9.17, 15) is 9.59 Å². The molecule has 3 atom stereocenters. The number of nitrogens with zero attached hydrogens (tertiary/aromatic N) is 2. The van der Waals surface area contributed by atoms with E-state index in [1.807, 2.05) is 36.5 Å². The Kier molecular flexibility index (Phi) is 5.55. The summed E-state index contributed by atoms with van der Waals surface area (Å²) in [6.07, 6.45) is 5.45. The number of carboxylic acids is 1. The van der Waals surface area contributed by atoms with Gasteiger partial charge in [0.05, 0.1) is 6.04 Å². The molecular formula is C19H24N4O3. The van der Waals surface area contributed by atoms with Gasteiger partial charge in [0.2, 0.25) is 0 Å². The lowest BCUT2D eigenvalue weighted by Gasteiger charge is -2.20. The zero-order chi connectivity index (χ0) is 18.5. The van der Waals surface area contributed by atoms with Crippen molar-refractivity contribution in [1.29, 1.82) is 0 Å². The van der Waals surface area contributed by atoms with E-state index in [1.165, 1.54) is 0 Å². The lowest BCUT2D eigenvalue weighted by atomic mass is 10.0. The van der Waals surface area contributed by atoms with Crippen molar-refractivity contribution in [3.8, 4) is 0 Å². The smallest absolute Gasteiger partial charge is 0.315 e. The first-order valence-corrected chi connectivity index (χ1v) is 8.88. The zero-order valence-electron chi connectivity index (χ0n) is 14.8. The molecule has 1 aromatic heterocycles. The van der Waals surface area contributed by atoms with Crippen molar-refractivity contribution in [2.24, 2.45) is 0 Å². The first-order valence-electron chi connectivity index (χ1n) is 8.88. The fourth-order valence-corrected chi connectivity index (χ4v) is 3.46. The van der Waals surface area contributed by atoms with Crippen molar-refractivity contribution in [2.75, 3.05) is 0 Å². The molecule has 26 heavy (non-hydrogen) atoms. The maximum absolute atomic E-state index is 12.5. The molecule has 3 unspecified atom stereocenters. The molecule has 2 heterocycles. The van der Waals surface area contributed by atoms with Crippen LogP contribution in [0.5, 0.6) is 0 Å². The highest BCUT2D eigenvalue weighted by molar-refractivity contribution is 5.75. The van der Waals surface area contributed by atoms with Crippen LogP contribution in [-0.4, -0.2) is 32.7 Å². The Bertz CT molecular complexity index is 759. The zero-order valence-corrected chi connectivity index (χ0v) is 14.8. The molecule has 1 aliphatic rings. The van der Waals surface area contributed by atoms with Gasteiger partial charge in [-0.05, 0) is 31.7 Å². The van der Waals surface area contributed by atoms with E-state index in [4.69, 9.17) is 5.11 Å². The van der Waals surface area contributed by atoms with E-state index in [0.717, 1.165) is 17.8 Å². The molecule has 0 fully saturated rings. The summed E-state index contributed by atoms with van der Waals surface area (Å²) < 4.78 is 2.07. The van der Waals surface area contributed by atoms with Crippen molar-refractivity contribution in [3.05, 3.63) is 54.1 Å². The minimum Gasteiger partial charge on any atom is -0.481 e. The van der Waals surface area contributed by atoms with Crippen LogP contribution in [0.15, 0.2) is 42.7 Å². The lowest BCUT2D eigenvalue weighted by molar-refractivity contribution is -0.137. The largest absolute Gasteiger partial charge is 0.481 e. The topological polar surface area (TPSA) is 96.2 Å². The number of hydrogen-bond acceptors (Lipinski definition) is 3. The molecule has 0 spiro atoms. The van der Waals surface area contributed by atoms with E-state index in [1.54, 1.807) is 6.20 Å². The molecular weight excluding hydrogens is 332 g/mol. The molecule has 0 aliphatic carbocycles. The lowest BCUT2D eigenvalue weighted by Crippen LogP contribution is -2.44. The highest BCUT2D eigenvalue weighted by Crippen LogP contribution is 2.32. The quantitative estimate of drug-likeness (QED) is 0.710. The van der Waals surface area contributed by atoms with Crippen LogP contribution in [0.25, 0.3) is 0 Å². The number of fused-ring (bicyclic) bond motifs is 1. The van der Waals surface area contributed by atoms with E-state index in [0.29, 0.717) is 18.9 Å². The number of benzene rings is 1. The van der Waals surface area contributed by atoms with Crippen molar-refractivity contribution >= 4 is 12.0 Å². The van der Waals surface area contributed by atoms with Crippen LogP contribution in [0.2, 0.25) is 0 Å². The van der Waals surface area contributed by atoms with E-state index in [-0.39, 0.29) is 24.5 Å². The summed E-state index contributed by atoms with van der Waals surface area (Å²) in [6.45, 7) is 2.09. The molecule has 2 amide bonds. The molecule has 7 heteroatoms. The van der Waals surface area contributed by atoms with Crippen LogP contribution < -0.4 is 10.6 Å². The van der Waals surface area contributed by atoms with Gasteiger partial charge in [-0.25, -0.2) is 9.78 Å². The Hall–Kier alpha value is -2.83. The summed E-state index contributed by atoms with van der Waals surface area (Å²) in [4.78, 5) is 27.7. The Morgan fingerprint density at radius 1 is 1.35 bits per heavy atom. The fourth-order valence-electron chi connectivity index (χ4n) is 3.46. The second-order valence-corrected chi connectivity index (χ2v) is 6.77. The van der Waals surface area contributed by atoms with Crippen LogP contribution in [0, 0.1) is 0 Å². The van der Waals surface area contributed by atoms with E-state index < -0.39 is 5.97 Å². The minimum atomic E-state index is -0.864. The molecule has 3 rings (SSSR count). The third kappa shape index (κ3) is 4.41. The summed E-state index contributed by atoms with van der Waals surface area (Å²) in [6, 6.07) is 9.39. The SMILES string of the molecule is CC1CC(NC(=O)NC(CCC(=O)O)Cc2ccccc2)c2nccn21.